The molecule has 2 aliphatic heterocycles. The number of amides is 2. The smallest absolute Gasteiger partial charge is 0.350 e. The van der Waals surface area contributed by atoms with Crippen LogP contribution in [-0.4, -0.2) is 29.9 Å². The highest BCUT2D eigenvalue weighted by Crippen LogP contribution is 2.55. The highest BCUT2D eigenvalue weighted by Gasteiger charge is 2.66. The number of halogens is 1. The van der Waals surface area contributed by atoms with E-state index in [9.17, 15) is 23.6 Å². The van der Waals surface area contributed by atoms with Gasteiger partial charge in [0.05, 0.1) is 36.0 Å². The van der Waals surface area contributed by atoms with Crippen LogP contribution < -0.4 is 15.2 Å². The van der Waals surface area contributed by atoms with Gasteiger partial charge in [0.25, 0.3) is 11.8 Å². The lowest BCUT2D eigenvalue weighted by molar-refractivity contribution is -0.121. The van der Waals surface area contributed by atoms with Crippen molar-refractivity contribution in [3.8, 4) is 0 Å². The SMILES string of the molecule is COC(=O)c1sc(N2C(=O)c3oc4ccccc4c(=O)c3C23C(=O)N(Cc2ccc(F)cc2)c2ccccc23)nc1C. The van der Waals surface area contributed by atoms with E-state index < -0.39 is 34.6 Å². The van der Waals surface area contributed by atoms with Crippen molar-refractivity contribution in [1.82, 2.24) is 4.98 Å². The molecule has 4 heterocycles. The van der Waals surface area contributed by atoms with Gasteiger partial charge in [-0.1, -0.05) is 53.8 Å². The summed E-state index contributed by atoms with van der Waals surface area (Å²) >= 11 is 0.882. The number of aromatic nitrogens is 1. The maximum atomic E-state index is 14.9. The topological polar surface area (TPSA) is 110 Å². The zero-order chi connectivity index (χ0) is 29.3. The minimum atomic E-state index is -1.98. The highest BCUT2D eigenvalue weighted by atomic mass is 32.1. The number of anilines is 2. The van der Waals surface area contributed by atoms with Gasteiger partial charge in [-0.15, -0.1) is 0 Å². The first-order valence-electron chi connectivity index (χ1n) is 12.9. The Morgan fingerprint density at radius 2 is 1.74 bits per heavy atom. The van der Waals surface area contributed by atoms with Crippen molar-refractivity contribution in [1.29, 1.82) is 0 Å². The summed E-state index contributed by atoms with van der Waals surface area (Å²) in [5.74, 6) is -2.68. The Kier molecular flexibility index (Phi) is 5.64. The fourth-order valence-corrected chi connectivity index (χ4v) is 6.84. The average Bonchev–Trinajstić information content (AvgIpc) is 3.59. The molecule has 3 aromatic carbocycles. The number of esters is 1. The predicted molar refractivity (Wildman–Crippen MR) is 152 cm³/mol. The Labute approximate surface area is 241 Å². The number of carbonyl (C=O) groups excluding carboxylic acids is 3. The normalized spacial score (nSPS) is 17.3. The fraction of sp³-hybridized carbons (Fsp3) is 0.129. The van der Waals surface area contributed by atoms with Crippen LogP contribution in [0.2, 0.25) is 0 Å². The molecule has 2 amide bonds. The van der Waals surface area contributed by atoms with Gasteiger partial charge in [0.2, 0.25) is 5.76 Å². The van der Waals surface area contributed by atoms with Crippen LogP contribution in [0.15, 0.2) is 82.0 Å². The molecule has 9 nitrogen and oxygen atoms in total. The fourth-order valence-electron chi connectivity index (χ4n) is 5.80. The van der Waals surface area contributed by atoms with Crippen LogP contribution in [0.1, 0.15) is 42.6 Å². The molecular formula is C31H20FN3O6S. The third-order valence-electron chi connectivity index (χ3n) is 7.63. The standard InChI is InChI=1S/C31H20FN3O6S/c1-16-26(28(38)40-2)42-30(33-16)35-27(37)25-23(24(36)19-7-3-6-10-22(19)41-25)31(35)20-8-4-5-9-21(20)34(29(31)39)15-17-11-13-18(32)14-12-17/h3-14H,15H2,1-2H3. The second-order valence-corrected chi connectivity index (χ2v) is 10.9. The summed E-state index contributed by atoms with van der Waals surface area (Å²) in [5, 5.41) is 0.234. The molecule has 0 saturated carbocycles. The number of thiazole rings is 1. The summed E-state index contributed by atoms with van der Waals surface area (Å²) in [6.45, 7) is 1.63. The van der Waals surface area contributed by atoms with E-state index in [-0.39, 0.29) is 38.8 Å². The van der Waals surface area contributed by atoms with Crippen LogP contribution in [0.3, 0.4) is 0 Å². The molecule has 208 valence electrons. The van der Waals surface area contributed by atoms with E-state index >= 15 is 0 Å². The van der Waals surface area contributed by atoms with Crippen molar-refractivity contribution in [3.63, 3.8) is 0 Å². The summed E-state index contributed by atoms with van der Waals surface area (Å²) in [6.07, 6.45) is 0. The van der Waals surface area contributed by atoms with Gasteiger partial charge in [0.15, 0.2) is 16.1 Å². The number of rotatable bonds is 4. The van der Waals surface area contributed by atoms with Crippen molar-refractivity contribution in [2.45, 2.75) is 19.0 Å². The minimum absolute atomic E-state index is 0.0274. The van der Waals surface area contributed by atoms with E-state index in [1.807, 2.05) is 0 Å². The molecule has 0 radical (unpaired) electrons. The van der Waals surface area contributed by atoms with Crippen LogP contribution in [0.5, 0.6) is 0 Å². The summed E-state index contributed by atoms with van der Waals surface area (Å²) in [7, 11) is 1.23. The van der Waals surface area contributed by atoms with Gasteiger partial charge < -0.3 is 14.1 Å². The molecule has 0 saturated heterocycles. The maximum Gasteiger partial charge on any atom is 0.350 e. The van der Waals surface area contributed by atoms with E-state index in [2.05, 4.69) is 4.98 Å². The Hall–Kier alpha value is -5.16. The Bertz CT molecular complexity index is 2040. The van der Waals surface area contributed by atoms with Crippen LogP contribution >= 0.6 is 11.3 Å². The lowest BCUT2D eigenvalue weighted by Crippen LogP contribution is -2.53. The molecule has 1 unspecified atom stereocenters. The van der Waals surface area contributed by atoms with Crippen molar-refractivity contribution in [2.24, 2.45) is 0 Å². The molecule has 42 heavy (non-hydrogen) atoms. The van der Waals surface area contributed by atoms with Gasteiger partial charge in [-0.25, -0.2) is 14.2 Å². The summed E-state index contributed by atoms with van der Waals surface area (Å²) in [4.78, 5) is 63.2. The maximum absolute atomic E-state index is 14.9. The van der Waals surface area contributed by atoms with E-state index in [0.29, 0.717) is 22.5 Å². The quantitative estimate of drug-likeness (QED) is 0.277. The van der Waals surface area contributed by atoms with Crippen molar-refractivity contribution >= 4 is 50.9 Å². The number of benzene rings is 3. The number of fused-ring (bicyclic) bond motifs is 5. The number of aryl methyl sites for hydroxylation is 1. The molecule has 2 aromatic heterocycles. The van der Waals surface area contributed by atoms with Crippen molar-refractivity contribution in [2.75, 3.05) is 16.9 Å². The first kappa shape index (κ1) is 25.8. The van der Waals surface area contributed by atoms with Crippen molar-refractivity contribution in [3.05, 3.63) is 122 Å². The molecule has 5 aromatic rings. The third-order valence-corrected chi connectivity index (χ3v) is 8.76. The summed E-state index contributed by atoms with van der Waals surface area (Å²) in [5.41, 5.74) is -0.673. The first-order valence-corrected chi connectivity index (χ1v) is 13.7. The largest absolute Gasteiger partial charge is 0.465 e. The molecule has 11 heteroatoms. The molecule has 1 atom stereocenters. The van der Waals surface area contributed by atoms with Crippen LogP contribution in [0.4, 0.5) is 15.2 Å². The average molecular weight is 582 g/mol. The molecule has 0 N–H and O–H groups in total. The van der Waals surface area contributed by atoms with Gasteiger partial charge >= 0.3 is 5.97 Å². The van der Waals surface area contributed by atoms with E-state index in [4.69, 9.17) is 9.15 Å². The number of carbonyl (C=O) groups is 3. The third kappa shape index (κ3) is 3.37. The van der Waals surface area contributed by atoms with Crippen LogP contribution in [0.25, 0.3) is 11.0 Å². The van der Waals surface area contributed by atoms with Gasteiger partial charge in [0, 0.05) is 5.56 Å². The van der Waals surface area contributed by atoms with E-state index in [1.165, 1.54) is 24.1 Å². The van der Waals surface area contributed by atoms with E-state index in [1.54, 1.807) is 67.6 Å². The zero-order valence-electron chi connectivity index (χ0n) is 22.2. The molecule has 0 aliphatic carbocycles. The molecule has 0 fully saturated rings. The highest BCUT2D eigenvalue weighted by molar-refractivity contribution is 7.17. The number of ether oxygens (including phenoxy) is 1. The van der Waals surface area contributed by atoms with Crippen molar-refractivity contribution < 1.29 is 27.9 Å². The lowest BCUT2D eigenvalue weighted by atomic mass is 9.84. The summed E-state index contributed by atoms with van der Waals surface area (Å²) < 4.78 is 24.6. The number of nitrogens with zero attached hydrogens (tertiary/aromatic N) is 3. The van der Waals surface area contributed by atoms with Gasteiger partial charge in [0.1, 0.15) is 16.3 Å². The second kappa shape index (κ2) is 9.18. The number of methoxy groups -OCH3 is 1. The lowest BCUT2D eigenvalue weighted by Gasteiger charge is -2.32. The van der Waals surface area contributed by atoms with Crippen LogP contribution in [0, 0.1) is 12.7 Å². The Morgan fingerprint density at radius 1 is 1.02 bits per heavy atom. The van der Waals surface area contributed by atoms with Crippen LogP contribution in [-0.2, 0) is 21.6 Å². The zero-order valence-corrected chi connectivity index (χ0v) is 23.0. The first-order chi connectivity index (χ1) is 20.3. The summed E-state index contributed by atoms with van der Waals surface area (Å²) in [6, 6.07) is 19.1. The Balaban J connectivity index is 1.54. The van der Waals surface area contributed by atoms with Gasteiger partial charge in [-0.2, -0.15) is 0 Å². The number of hydrogen-bond acceptors (Lipinski definition) is 8. The number of para-hydroxylation sites is 2. The Morgan fingerprint density at radius 3 is 2.50 bits per heavy atom. The second-order valence-electron chi connectivity index (χ2n) is 9.92. The van der Waals surface area contributed by atoms with Gasteiger partial charge in [-0.3, -0.25) is 19.3 Å². The molecule has 2 aliphatic rings. The molecule has 0 bridgehead atoms. The monoisotopic (exact) mass is 581 g/mol. The van der Waals surface area contributed by atoms with Gasteiger partial charge in [-0.05, 0) is 42.8 Å². The number of hydrogen-bond donors (Lipinski definition) is 0. The van der Waals surface area contributed by atoms with E-state index in [0.717, 1.165) is 16.2 Å². The molecule has 7 rings (SSSR count). The molecule has 1 spiro atoms. The minimum Gasteiger partial charge on any atom is -0.465 e. The predicted octanol–water partition coefficient (Wildman–Crippen LogP) is 4.93. The molecular weight excluding hydrogens is 561 g/mol.